The number of nitrogens with one attached hydrogen (secondary N) is 1. The van der Waals surface area contributed by atoms with E-state index >= 15 is 0 Å². The molecule has 0 radical (unpaired) electrons. The number of hydrogen-bond donors (Lipinski definition) is 2. The number of benzene rings is 2. The number of ether oxygens (including phenoxy) is 2. The van der Waals surface area contributed by atoms with E-state index in [1.165, 1.54) is 0 Å². The molecule has 1 saturated heterocycles. The van der Waals surface area contributed by atoms with Crippen LogP contribution in [0.25, 0.3) is 5.76 Å². The minimum atomic E-state index is -0.724. The number of fused-ring (bicyclic) bond motifs is 1. The number of amides is 1. The first-order valence-electron chi connectivity index (χ1n) is 13.6. The van der Waals surface area contributed by atoms with E-state index in [0.717, 1.165) is 29.7 Å². The van der Waals surface area contributed by atoms with Crippen LogP contribution in [0.4, 0.5) is 0 Å². The second-order valence-electron chi connectivity index (χ2n) is 10.8. The number of Topliss-reactive ketones (excluding diaryl/α,β-unsaturated/α-hetero) is 1. The van der Waals surface area contributed by atoms with Crippen molar-refractivity contribution >= 4 is 17.4 Å². The van der Waals surface area contributed by atoms with E-state index in [0.29, 0.717) is 43.3 Å². The minimum Gasteiger partial charge on any atom is -0.507 e. The molecule has 1 aromatic heterocycles. The number of aromatic nitrogens is 2. The molecule has 0 bridgehead atoms. The van der Waals surface area contributed by atoms with Crippen molar-refractivity contribution < 1.29 is 28.7 Å². The fourth-order valence-corrected chi connectivity index (χ4v) is 5.25. The highest BCUT2D eigenvalue weighted by atomic mass is 16.5. The predicted octanol–water partition coefficient (Wildman–Crippen LogP) is 4.56. The summed E-state index contributed by atoms with van der Waals surface area (Å²) >= 11 is 0. The molecule has 2 atom stereocenters. The average molecular weight is 531 g/mol. The van der Waals surface area contributed by atoms with Gasteiger partial charge in [-0.1, -0.05) is 26.0 Å². The van der Waals surface area contributed by atoms with Gasteiger partial charge < -0.3 is 19.5 Å². The number of likely N-dealkylation sites (tertiary alicyclic amines) is 1. The van der Waals surface area contributed by atoms with Gasteiger partial charge in [-0.3, -0.25) is 14.6 Å². The molecule has 2 aliphatic rings. The Hall–Kier alpha value is -4.07. The Bertz CT molecular complexity index is 1380. The molecule has 204 valence electrons. The molecule has 2 aromatic carbocycles. The van der Waals surface area contributed by atoms with Crippen molar-refractivity contribution in [2.45, 2.75) is 58.7 Å². The maximum absolute atomic E-state index is 13.4. The highest BCUT2D eigenvalue weighted by Gasteiger charge is 2.46. The van der Waals surface area contributed by atoms with Crippen molar-refractivity contribution in [1.29, 1.82) is 0 Å². The fraction of sp³-hybridized carbons (Fsp3) is 0.387. The largest absolute Gasteiger partial charge is 0.507 e. The van der Waals surface area contributed by atoms with Gasteiger partial charge in [0.15, 0.2) is 0 Å². The van der Waals surface area contributed by atoms with Gasteiger partial charge in [-0.05, 0) is 60.7 Å². The minimum absolute atomic E-state index is 0.0549. The second-order valence-corrected chi connectivity index (χ2v) is 10.8. The molecule has 1 fully saturated rings. The maximum atomic E-state index is 13.4. The number of rotatable bonds is 10. The summed E-state index contributed by atoms with van der Waals surface area (Å²) in [5, 5.41) is 11.5. The van der Waals surface area contributed by atoms with E-state index in [2.05, 4.69) is 18.8 Å². The van der Waals surface area contributed by atoms with E-state index in [4.69, 9.17) is 9.47 Å². The van der Waals surface area contributed by atoms with Crippen LogP contribution in [0, 0.1) is 5.92 Å². The molecule has 8 nitrogen and oxygen atoms in total. The third kappa shape index (κ3) is 5.70. The molecule has 2 aliphatic heterocycles. The zero-order valence-electron chi connectivity index (χ0n) is 22.7. The quantitative estimate of drug-likeness (QED) is 0.173. The summed E-state index contributed by atoms with van der Waals surface area (Å²) < 4.78 is 13.8. The number of aliphatic hydroxyl groups excluding tert-OH is 1. The van der Waals surface area contributed by atoms with Crippen molar-refractivity contribution in [3.05, 3.63) is 83.4 Å². The zero-order chi connectivity index (χ0) is 27.5. The third-order valence-corrected chi connectivity index (χ3v) is 7.27. The van der Waals surface area contributed by atoms with Gasteiger partial charge in [0.1, 0.15) is 35.8 Å². The standard InChI is InChI=1S/C31H35N3O5/c1-20(2)10-15-38-25-7-4-6-22(18-25)28-27(29(35)23-8-9-26-24(17-23)16-21(3)39-26)30(36)31(37)34(28)13-5-12-33-14-11-32-19-33/h4,6-9,11,14,17-21,28H,5,10,12-13,15-16H2,1-3H3,(H,35,36)/p+1. The lowest BCUT2D eigenvalue weighted by Crippen LogP contribution is -2.36. The number of carbonyl (C=O) groups is 2. The van der Waals surface area contributed by atoms with Crippen LogP contribution in [0.15, 0.2) is 66.8 Å². The summed E-state index contributed by atoms with van der Waals surface area (Å²) in [7, 11) is 0. The zero-order valence-corrected chi connectivity index (χ0v) is 22.7. The first-order valence-corrected chi connectivity index (χ1v) is 13.6. The highest BCUT2D eigenvalue weighted by Crippen LogP contribution is 2.41. The van der Waals surface area contributed by atoms with Gasteiger partial charge in [0.25, 0.3) is 11.7 Å². The number of carbonyl (C=O) groups excluding carboxylic acids is 2. The SMILES string of the molecule is CC(C)CCOc1cccc(C2C(=C(O)c3ccc4c(c3)CC(C)O4)C(=O)C(=O)N2CCC[n+]2cc[nH]c2)c1. The van der Waals surface area contributed by atoms with E-state index < -0.39 is 17.7 Å². The Morgan fingerprint density at radius 3 is 2.85 bits per heavy atom. The van der Waals surface area contributed by atoms with Crippen LogP contribution < -0.4 is 14.0 Å². The Morgan fingerprint density at radius 2 is 2.08 bits per heavy atom. The summed E-state index contributed by atoms with van der Waals surface area (Å²) in [6.07, 6.45) is 7.94. The Balaban J connectivity index is 1.50. The van der Waals surface area contributed by atoms with Gasteiger partial charge in [0.05, 0.1) is 24.8 Å². The van der Waals surface area contributed by atoms with Crippen LogP contribution in [-0.4, -0.2) is 45.9 Å². The van der Waals surface area contributed by atoms with Crippen molar-refractivity contribution in [3.8, 4) is 11.5 Å². The first-order chi connectivity index (χ1) is 18.8. The molecular weight excluding hydrogens is 494 g/mol. The fourth-order valence-electron chi connectivity index (χ4n) is 5.25. The molecule has 5 rings (SSSR count). The molecule has 3 aromatic rings. The Morgan fingerprint density at radius 1 is 1.23 bits per heavy atom. The molecule has 3 heterocycles. The molecule has 0 spiro atoms. The van der Waals surface area contributed by atoms with Crippen LogP contribution in [0.1, 0.15) is 56.3 Å². The third-order valence-electron chi connectivity index (χ3n) is 7.27. The number of hydrogen-bond acceptors (Lipinski definition) is 5. The van der Waals surface area contributed by atoms with Crippen LogP contribution in [0.2, 0.25) is 0 Å². The lowest BCUT2D eigenvalue weighted by atomic mass is 9.94. The number of imidazole rings is 1. The maximum Gasteiger partial charge on any atom is 0.295 e. The summed E-state index contributed by atoms with van der Waals surface area (Å²) in [5.74, 6) is 0.510. The van der Waals surface area contributed by atoms with E-state index in [1.54, 1.807) is 11.0 Å². The van der Waals surface area contributed by atoms with Gasteiger partial charge in [-0.15, -0.1) is 0 Å². The highest BCUT2D eigenvalue weighted by molar-refractivity contribution is 6.46. The number of ketones is 1. The van der Waals surface area contributed by atoms with Gasteiger partial charge in [0, 0.05) is 24.9 Å². The van der Waals surface area contributed by atoms with Crippen molar-refractivity contribution in [2.24, 2.45) is 5.92 Å². The smallest absolute Gasteiger partial charge is 0.295 e. The summed E-state index contributed by atoms with van der Waals surface area (Å²) in [4.78, 5) is 31.4. The van der Waals surface area contributed by atoms with E-state index in [1.807, 2.05) is 66.6 Å². The predicted molar refractivity (Wildman–Crippen MR) is 146 cm³/mol. The van der Waals surface area contributed by atoms with Crippen LogP contribution in [-0.2, 0) is 22.6 Å². The van der Waals surface area contributed by atoms with Crippen molar-refractivity contribution in [2.75, 3.05) is 13.2 Å². The van der Waals surface area contributed by atoms with E-state index in [-0.39, 0.29) is 17.4 Å². The topological polar surface area (TPSA) is 95.7 Å². The van der Waals surface area contributed by atoms with Crippen LogP contribution in [0.3, 0.4) is 0 Å². The second kappa shape index (κ2) is 11.4. The van der Waals surface area contributed by atoms with E-state index in [9.17, 15) is 14.7 Å². The van der Waals surface area contributed by atoms with Crippen LogP contribution in [0.5, 0.6) is 11.5 Å². The average Bonchev–Trinajstić information content (AvgIpc) is 3.62. The van der Waals surface area contributed by atoms with Gasteiger partial charge >= 0.3 is 0 Å². The number of nitrogens with zero attached hydrogens (tertiary/aromatic N) is 2. The molecule has 2 unspecified atom stereocenters. The summed E-state index contributed by atoms with van der Waals surface area (Å²) in [6.45, 7) is 7.90. The molecule has 0 aliphatic carbocycles. The molecule has 0 saturated carbocycles. The number of aryl methyl sites for hydroxylation is 1. The summed E-state index contributed by atoms with van der Waals surface area (Å²) in [5.41, 5.74) is 2.30. The number of aliphatic hydroxyl groups is 1. The molecule has 8 heteroatoms. The van der Waals surface area contributed by atoms with Crippen molar-refractivity contribution in [1.82, 2.24) is 9.88 Å². The first kappa shape index (κ1) is 26.5. The van der Waals surface area contributed by atoms with Gasteiger partial charge in [0.2, 0.25) is 6.33 Å². The lowest BCUT2D eigenvalue weighted by Gasteiger charge is -2.25. The summed E-state index contributed by atoms with van der Waals surface area (Å²) in [6, 6.07) is 12.2. The van der Waals surface area contributed by atoms with Crippen molar-refractivity contribution in [3.63, 3.8) is 0 Å². The number of aromatic amines is 1. The van der Waals surface area contributed by atoms with Gasteiger partial charge in [-0.2, -0.15) is 0 Å². The molecular formula is C31H36N3O5+. The normalized spacial score (nSPS) is 19.9. The van der Waals surface area contributed by atoms with Crippen LogP contribution >= 0.6 is 0 Å². The molecule has 2 N–H and O–H groups in total. The number of H-pyrrole nitrogens is 1. The molecule has 1 amide bonds. The lowest BCUT2D eigenvalue weighted by molar-refractivity contribution is -0.695. The van der Waals surface area contributed by atoms with Gasteiger partial charge in [-0.25, -0.2) is 4.57 Å². The molecule has 39 heavy (non-hydrogen) atoms. The monoisotopic (exact) mass is 530 g/mol. The Labute approximate surface area is 228 Å². The Kier molecular flexibility index (Phi) is 7.72.